The number of amides is 1. The van der Waals surface area contributed by atoms with Gasteiger partial charge in [-0.25, -0.2) is 0 Å². The molecule has 0 saturated heterocycles. The molecule has 1 amide bonds. The van der Waals surface area contributed by atoms with Gasteiger partial charge in [-0.3, -0.25) is 4.79 Å². The standard InChI is InChI=1S/C20H23N5O4/c1-27-15-10-12-4-5-14(13(12)11-16(15)28-2)21-19(26)8-6-17-22-23-18-7-9-20(29-3)24-25(17)18/h7,9-11,14H,4-6,8H2,1-3H3,(H,21,26). The number of ether oxygens (including phenoxy) is 3. The van der Waals surface area contributed by atoms with Gasteiger partial charge in [-0.2, -0.15) is 4.52 Å². The third kappa shape index (κ3) is 3.67. The van der Waals surface area contributed by atoms with Gasteiger partial charge in [0.05, 0.1) is 27.4 Å². The van der Waals surface area contributed by atoms with E-state index in [1.165, 1.54) is 5.56 Å². The lowest BCUT2D eigenvalue weighted by molar-refractivity contribution is -0.121. The van der Waals surface area contributed by atoms with Gasteiger partial charge in [0.25, 0.3) is 0 Å². The van der Waals surface area contributed by atoms with Crippen LogP contribution in [0.3, 0.4) is 0 Å². The lowest BCUT2D eigenvalue weighted by atomic mass is 10.1. The minimum atomic E-state index is -0.0442. The summed E-state index contributed by atoms with van der Waals surface area (Å²) in [7, 11) is 4.78. The highest BCUT2D eigenvalue weighted by atomic mass is 16.5. The molecule has 3 aromatic rings. The molecule has 0 bridgehead atoms. The van der Waals surface area contributed by atoms with Gasteiger partial charge >= 0.3 is 0 Å². The van der Waals surface area contributed by atoms with E-state index in [2.05, 4.69) is 20.6 Å². The molecule has 1 atom stereocenters. The Hall–Kier alpha value is -3.36. The van der Waals surface area contributed by atoms with Crippen LogP contribution in [0.4, 0.5) is 0 Å². The number of carbonyl (C=O) groups is 1. The number of benzene rings is 1. The van der Waals surface area contributed by atoms with Crippen molar-refractivity contribution < 1.29 is 19.0 Å². The van der Waals surface area contributed by atoms with Crippen molar-refractivity contribution >= 4 is 11.6 Å². The monoisotopic (exact) mass is 397 g/mol. The first-order valence-corrected chi connectivity index (χ1v) is 9.42. The second kappa shape index (κ2) is 7.94. The number of nitrogens with one attached hydrogen (secondary N) is 1. The summed E-state index contributed by atoms with van der Waals surface area (Å²) in [6.07, 6.45) is 2.46. The second-order valence-corrected chi connectivity index (χ2v) is 6.83. The lowest BCUT2D eigenvalue weighted by Crippen LogP contribution is -2.27. The Balaban J connectivity index is 1.43. The molecule has 1 aliphatic carbocycles. The summed E-state index contributed by atoms with van der Waals surface area (Å²) in [5.74, 6) is 2.42. The SMILES string of the molecule is COc1ccc2nnc(CCC(=O)NC3CCc4cc(OC)c(OC)cc43)n2n1. The fourth-order valence-electron chi connectivity index (χ4n) is 3.66. The molecule has 0 spiro atoms. The maximum Gasteiger partial charge on any atom is 0.231 e. The van der Waals surface area contributed by atoms with Crippen LogP contribution in [0.2, 0.25) is 0 Å². The Kier molecular flexibility index (Phi) is 5.20. The maximum absolute atomic E-state index is 12.6. The van der Waals surface area contributed by atoms with Crippen LogP contribution in [0.1, 0.15) is 35.8 Å². The summed E-state index contributed by atoms with van der Waals surface area (Å²) in [5.41, 5.74) is 2.87. The number of rotatable bonds is 7. The van der Waals surface area contributed by atoms with Gasteiger partial charge < -0.3 is 19.5 Å². The number of nitrogens with zero attached hydrogens (tertiary/aromatic N) is 4. The van der Waals surface area contributed by atoms with E-state index in [-0.39, 0.29) is 11.9 Å². The fourth-order valence-corrected chi connectivity index (χ4v) is 3.66. The Bertz CT molecular complexity index is 1050. The summed E-state index contributed by atoms with van der Waals surface area (Å²) >= 11 is 0. The number of hydrogen-bond donors (Lipinski definition) is 1. The molecule has 152 valence electrons. The molecule has 9 nitrogen and oxygen atoms in total. The van der Waals surface area contributed by atoms with Crippen molar-refractivity contribution in [1.82, 2.24) is 25.1 Å². The molecule has 1 aliphatic rings. The number of methoxy groups -OCH3 is 3. The van der Waals surface area contributed by atoms with Gasteiger partial charge in [0, 0.05) is 18.9 Å². The van der Waals surface area contributed by atoms with E-state index in [1.54, 1.807) is 38.0 Å². The average molecular weight is 397 g/mol. The molecule has 0 aliphatic heterocycles. The predicted octanol–water partition coefficient (Wildman–Crippen LogP) is 1.89. The van der Waals surface area contributed by atoms with E-state index in [0.29, 0.717) is 41.7 Å². The van der Waals surface area contributed by atoms with Crippen LogP contribution in [-0.2, 0) is 17.6 Å². The van der Waals surface area contributed by atoms with E-state index < -0.39 is 0 Å². The zero-order valence-corrected chi connectivity index (χ0v) is 16.6. The molecule has 1 unspecified atom stereocenters. The van der Waals surface area contributed by atoms with E-state index >= 15 is 0 Å². The van der Waals surface area contributed by atoms with Crippen molar-refractivity contribution in [1.29, 1.82) is 0 Å². The first-order chi connectivity index (χ1) is 14.1. The highest BCUT2D eigenvalue weighted by Crippen LogP contribution is 2.39. The van der Waals surface area contributed by atoms with Crippen molar-refractivity contribution in [3.8, 4) is 17.4 Å². The molecular weight excluding hydrogens is 374 g/mol. The summed E-state index contributed by atoms with van der Waals surface area (Å²) in [5, 5.41) is 15.6. The van der Waals surface area contributed by atoms with Crippen LogP contribution >= 0.6 is 0 Å². The summed E-state index contributed by atoms with van der Waals surface area (Å²) < 4.78 is 17.5. The van der Waals surface area contributed by atoms with Gasteiger partial charge in [-0.05, 0) is 42.2 Å². The van der Waals surface area contributed by atoms with Crippen molar-refractivity contribution in [2.75, 3.05) is 21.3 Å². The topological polar surface area (TPSA) is 99.9 Å². The number of hydrogen-bond acceptors (Lipinski definition) is 7. The van der Waals surface area contributed by atoms with E-state index in [9.17, 15) is 4.79 Å². The van der Waals surface area contributed by atoms with Gasteiger partial charge in [-0.15, -0.1) is 15.3 Å². The smallest absolute Gasteiger partial charge is 0.231 e. The van der Waals surface area contributed by atoms with Crippen LogP contribution in [-0.4, -0.2) is 47.0 Å². The van der Waals surface area contributed by atoms with Gasteiger partial charge in [0.2, 0.25) is 11.8 Å². The largest absolute Gasteiger partial charge is 0.493 e. The summed E-state index contributed by atoms with van der Waals surface area (Å²) in [6, 6.07) is 7.40. The molecule has 1 aromatic carbocycles. The van der Waals surface area contributed by atoms with Gasteiger partial charge in [-0.1, -0.05) is 0 Å². The third-order valence-corrected chi connectivity index (χ3v) is 5.15. The number of fused-ring (bicyclic) bond motifs is 2. The first kappa shape index (κ1) is 19.0. The van der Waals surface area contributed by atoms with Crippen molar-refractivity contribution in [2.24, 2.45) is 0 Å². The predicted molar refractivity (Wildman–Crippen MR) is 104 cm³/mol. The lowest BCUT2D eigenvalue weighted by Gasteiger charge is -2.16. The molecule has 2 aromatic heterocycles. The van der Waals surface area contributed by atoms with Crippen LogP contribution in [0.25, 0.3) is 5.65 Å². The first-order valence-electron chi connectivity index (χ1n) is 9.42. The van der Waals surface area contributed by atoms with Crippen LogP contribution < -0.4 is 19.5 Å². The number of aryl methyl sites for hydroxylation is 2. The Morgan fingerprint density at radius 2 is 1.93 bits per heavy atom. The minimum Gasteiger partial charge on any atom is -0.493 e. The maximum atomic E-state index is 12.6. The van der Waals surface area contributed by atoms with E-state index in [0.717, 1.165) is 18.4 Å². The third-order valence-electron chi connectivity index (χ3n) is 5.15. The fraction of sp³-hybridized carbons (Fsp3) is 0.400. The highest BCUT2D eigenvalue weighted by molar-refractivity contribution is 5.77. The second-order valence-electron chi connectivity index (χ2n) is 6.83. The Labute approximate surface area is 168 Å². The number of aromatic nitrogens is 4. The van der Waals surface area contributed by atoms with Crippen LogP contribution in [0.5, 0.6) is 17.4 Å². The van der Waals surface area contributed by atoms with Crippen molar-refractivity contribution in [3.05, 3.63) is 41.2 Å². The zero-order chi connectivity index (χ0) is 20.4. The van der Waals surface area contributed by atoms with E-state index in [4.69, 9.17) is 14.2 Å². The molecular formula is C20H23N5O4. The normalized spacial score (nSPS) is 15.2. The molecule has 1 N–H and O–H groups in total. The summed E-state index contributed by atoms with van der Waals surface area (Å²) in [6.45, 7) is 0. The molecule has 0 saturated carbocycles. The quantitative estimate of drug-likeness (QED) is 0.650. The minimum absolute atomic E-state index is 0.0364. The van der Waals surface area contributed by atoms with Crippen LogP contribution in [0.15, 0.2) is 24.3 Å². The average Bonchev–Trinajstić information content (AvgIpc) is 3.34. The van der Waals surface area contributed by atoms with Gasteiger partial charge in [0.1, 0.15) is 0 Å². The van der Waals surface area contributed by atoms with E-state index in [1.807, 2.05) is 12.1 Å². The molecule has 2 heterocycles. The Morgan fingerprint density at radius 3 is 2.69 bits per heavy atom. The van der Waals surface area contributed by atoms with Crippen molar-refractivity contribution in [2.45, 2.75) is 31.7 Å². The molecule has 4 rings (SSSR count). The summed E-state index contributed by atoms with van der Waals surface area (Å²) in [4.78, 5) is 12.6. The van der Waals surface area contributed by atoms with Gasteiger partial charge in [0.15, 0.2) is 23.0 Å². The van der Waals surface area contributed by atoms with Crippen molar-refractivity contribution in [3.63, 3.8) is 0 Å². The molecule has 29 heavy (non-hydrogen) atoms. The molecule has 0 fully saturated rings. The zero-order valence-electron chi connectivity index (χ0n) is 16.6. The molecule has 0 radical (unpaired) electrons. The number of carbonyl (C=O) groups excluding carboxylic acids is 1. The highest BCUT2D eigenvalue weighted by Gasteiger charge is 2.26. The van der Waals surface area contributed by atoms with Crippen LogP contribution in [0, 0.1) is 0 Å². The Morgan fingerprint density at radius 1 is 1.14 bits per heavy atom. The molecule has 9 heteroatoms.